The molecule has 1 fully saturated rings. The average Bonchev–Trinajstić information content (AvgIpc) is 3.41. The number of aromatic nitrogens is 3. The van der Waals surface area contributed by atoms with Crippen molar-refractivity contribution in [2.24, 2.45) is 0 Å². The lowest BCUT2D eigenvalue weighted by molar-refractivity contribution is 0.0790. The van der Waals surface area contributed by atoms with Gasteiger partial charge < -0.3 is 9.84 Å². The zero-order valence-electron chi connectivity index (χ0n) is 17.7. The van der Waals surface area contributed by atoms with Crippen LogP contribution < -0.4 is 4.74 Å². The number of aliphatic hydroxyl groups excluding tert-OH is 1. The molecule has 168 valence electrons. The second-order valence-corrected chi connectivity index (χ2v) is 8.88. The minimum Gasteiger partial charge on any atom is -0.481 e. The van der Waals surface area contributed by atoms with Crippen LogP contribution in [0, 0.1) is 25.5 Å². The molecule has 5 rings (SSSR count). The van der Waals surface area contributed by atoms with Crippen LogP contribution in [0.4, 0.5) is 8.78 Å². The monoisotopic (exact) mass is 460 g/mol. The Bertz CT molecular complexity index is 1170. The summed E-state index contributed by atoms with van der Waals surface area (Å²) in [6.07, 6.45) is 0.0132. The topological polar surface area (TPSA) is 63.4 Å². The number of aliphatic hydroxyl groups is 1. The summed E-state index contributed by atoms with van der Waals surface area (Å²) >= 11 is 6.13. The molecule has 0 bridgehead atoms. The fourth-order valence-corrected chi connectivity index (χ4v) is 5.06. The highest BCUT2D eigenvalue weighted by Crippen LogP contribution is 2.42. The van der Waals surface area contributed by atoms with Crippen LogP contribution in [0.15, 0.2) is 30.3 Å². The summed E-state index contributed by atoms with van der Waals surface area (Å²) in [4.78, 5) is 2.08. The minimum absolute atomic E-state index is 0.0695. The third-order valence-electron chi connectivity index (χ3n) is 6.34. The van der Waals surface area contributed by atoms with Crippen LogP contribution in [0.5, 0.6) is 5.75 Å². The van der Waals surface area contributed by atoms with E-state index in [-0.39, 0.29) is 16.8 Å². The average molecular weight is 461 g/mol. The van der Waals surface area contributed by atoms with E-state index in [1.807, 2.05) is 0 Å². The van der Waals surface area contributed by atoms with E-state index >= 15 is 4.39 Å². The summed E-state index contributed by atoms with van der Waals surface area (Å²) in [5.41, 5.74) is 1.74. The van der Waals surface area contributed by atoms with Crippen molar-refractivity contribution in [2.45, 2.75) is 44.9 Å². The van der Waals surface area contributed by atoms with E-state index in [1.54, 1.807) is 36.6 Å². The van der Waals surface area contributed by atoms with Crippen LogP contribution in [0.1, 0.15) is 35.3 Å². The number of hydrogen-bond donors (Lipinski definition) is 1. The Morgan fingerprint density at radius 1 is 1.09 bits per heavy atom. The Hall–Kier alpha value is -2.55. The number of fused-ring (bicyclic) bond motifs is 1. The van der Waals surface area contributed by atoms with Crippen molar-refractivity contribution < 1.29 is 18.6 Å². The molecule has 0 spiro atoms. The Kier molecular flexibility index (Phi) is 5.39. The number of likely N-dealkylation sites (tertiary alicyclic amines) is 1. The van der Waals surface area contributed by atoms with E-state index < -0.39 is 23.8 Å². The smallest absolute Gasteiger partial charge is 0.167 e. The highest BCUT2D eigenvalue weighted by Gasteiger charge is 2.42. The molecule has 1 N–H and O–H groups in total. The van der Waals surface area contributed by atoms with Gasteiger partial charge in [0.05, 0.1) is 17.8 Å². The van der Waals surface area contributed by atoms with Gasteiger partial charge in [0.2, 0.25) is 0 Å². The summed E-state index contributed by atoms with van der Waals surface area (Å²) in [5, 5.41) is 18.3. The Labute approximate surface area is 189 Å². The molecule has 0 radical (unpaired) electrons. The van der Waals surface area contributed by atoms with Crippen molar-refractivity contribution in [3.63, 3.8) is 0 Å². The van der Waals surface area contributed by atoms with Crippen LogP contribution in [0.3, 0.4) is 0 Å². The Morgan fingerprint density at radius 2 is 1.84 bits per heavy atom. The van der Waals surface area contributed by atoms with Gasteiger partial charge in [-0.1, -0.05) is 11.6 Å². The zero-order chi connectivity index (χ0) is 22.6. The molecule has 1 aromatic heterocycles. The van der Waals surface area contributed by atoms with Crippen LogP contribution in [0.25, 0.3) is 5.69 Å². The summed E-state index contributed by atoms with van der Waals surface area (Å²) in [6, 6.07) is 7.44. The molecule has 0 amide bonds. The number of nitrogens with zero attached hydrogens (tertiary/aromatic N) is 4. The first kappa shape index (κ1) is 21.3. The maximum atomic E-state index is 15.1. The fourth-order valence-electron chi connectivity index (χ4n) is 4.85. The van der Waals surface area contributed by atoms with Crippen molar-refractivity contribution >= 4 is 11.6 Å². The number of benzene rings is 2. The van der Waals surface area contributed by atoms with Gasteiger partial charge in [-0.15, -0.1) is 10.2 Å². The second kappa shape index (κ2) is 8.10. The molecule has 0 saturated carbocycles. The number of β-amino-alcohol motifs (C(OH)–C–C–N with tert-alkyl or cyclic N) is 1. The van der Waals surface area contributed by atoms with E-state index in [4.69, 9.17) is 16.3 Å². The van der Waals surface area contributed by atoms with Gasteiger partial charge in [-0.3, -0.25) is 9.47 Å². The highest BCUT2D eigenvalue weighted by atomic mass is 35.5. The molecule has 1 saturated heterocycles. The van der Waals surface area contributed by atoms with E-state index in [2.05, 4.69) is 15.1 Å². The largest absolute Gasteiger partial charge is 0.481 e. The Morgan fingerprint density at radius 3 is 2.50 bits per heavy atom. The van der Waals surface area contributed by atoms with Gasteiger partial charge >= 0.3 is 0 Å². The summed E-state index contributed by atoms with van der Waals surface area (Å²) in [7, 11) is 0. The quantitative estimate of drug-likeness (QED) is 0.639. The molecule has 2 aromatic carbocycles. The van der Waals surface area contributed by atoms with Gasteiger partial charge in [-0.25, -0.2) is 8.78 Å². The molecule has 0 unspecified atom stereocenters. The van der Waals surface area contributed by atoms with Crippen molar-refractivity contribution in [1.29, 1.82) is 0 Å². The SMILES string of the molecule is Cc1nnc(C)n1-c1ccc(O[C@H]2c3cc(Cl)cc(F)c3C[C@@H]2N2CC[C@@H](O)C2)c(F)c1. The van der Waals surface area contributed by atoms with Gasteiger partial charge in [0.25, 0.3) is 0 Å². The summed E-state index contributed by atoms with van der Waals surface area (Å²) < 4.78 is 37.7. The first-order valence-electron chi connectivity index (χ1n) is 10.6. The molecule has 32 heavy (non-hydrogen) atoms. The highest BCUT2D eigenvalue weighted by molar-refractivity contribution is 6.30. The van der Waals surface area contributed by atoms with Crippen molar-refractivity contribution in [3.05, 3.63) is 69.8 Å². The molecule has 1 aliphatic carbocycles. The van der Waals surface area contributed by atoms with E-state index in [0.717, 1.165) is 0 Å². The number of halogens is 3. The molecule has 3 atom stereocenters. The summed E-state index contributed by atoms with van der Waals surface area (Å²) in [6.45, 7) is 4.74. The molecule has 1 aliphatic heterocycles. The molecular weight excluding hydrogens is 438 g/mol. The summed E-state index contributed by atoms with van der Waals surface area (Å²) in [5.74, 6) is 0.445. The van der Waals surface area contributed by atoms with Gasteiger partial charge in [0, 0.05) is 29.7 Å². The number of rotatable bonds is 4. The van der Waals surface area contributed by atoms with Crippen LogP contribution >= 0.6 is 11.6 Å². The molecule has 2 heterocycles. The maximum absolute atomic E-state index is 15.1. The number of aryl methyl sites for hydroxylation is 2. The normalized spacial score (nSPS) is 23.0. The number of hydrogen-bond acceptors (Lipinski definition) is 5. The van der Waals surface area contributed by atoms with E-state index in [1.165, 1.54) is 12.1 Å². The number of ether oxygens (including phenoxy) is 1. The van der Waals surface area contributed by atoms with Gasteiger partial charge in [-0.05, 0) is 56.5 Å². The first-order chi connectivity index (χ1) is 15.3. The van der Waals surface area contributed by atoms with Gasteiger partial charge in [-0.2, -0.15) is 0 Å². The molecular formula is C23H23ClF2N4O2. The molecule has 3 aromatic rings. The van der Waals surface area contributed by atoms with E-state index in [9.17, 15) is 9.50 Å². The Balaban J connectivity index is 1.50. The second-order valence-electron chi connectivity index (χ2n) is 8.45. The standard InChI is InChI=1S/C23H23ClF2N4O2/c1-12-27-28-13(2)30(12)15-3-4-22(20(26)9-15)32-23-18-7-14(24)8-19(25)17(18)10-21(23)29-6-5-16(31)11-29/h3-4,7-9,16,21,23,31H,5-6,10-11H2,1-2H3/t16-,21+,23+/m1/s1. The van der Waals surface area contributed by atoms with Crippen molar-refractivity contribution in [3.8, 4) is 11.4 Å². The molecule has 6 nitrogen and oxygen atoms in total. The third kappa shape index (κ3) is 3.66. The van der Waals surface area contributed by atoms with Crippen molar-refractivity contribution in [1.82, 2.24) is 19.7 Å². The zero-order valence-corrected chi connectivity index (χ0v) is 18.5. The van der Waals surface area contributed by atoms with E-state index in [0.29, 0.717) is 54.4 Å². The minimum atomic E-state index is -0.609. The maximum Gasteiger partial charge on any atom is 0.167 e. The fraction of sp³-hybridized carbons (Fsp3) is 0.391. The first-order valence-corrected chi connectivity index (χ1v) is 10.9. The third-order valence-corrected chi connectivity index (χ3v) is 6.56. The van der Waals surface area contributed by atoms with Crippen molar-refractivity contribution in [2.75, 3.05) is 13.1 Å². The van der Waals surface area contributed by atoms with Crippen LogP contribution in [-0.2, 0) is 6.42 Å². The predicted octanol–water partition coefficient (Wildman–Crippen LogP) is 3.93. The lowest BCUT2D eigenvalue weighted by atomic mass is 10.1. The lowest BCUT2D eigenvalue weighted by Crippen LogP contribution is -2.39. The van der Waals surface area contributed by atoms with Crippen LogP contribution in [-0.4, -0.2) is 50.0 Å². The van der Waals surface area contributed by atoms with Gasteiger partial charge in [0.1, 0.15) is 23.6 Å². The molecule has 9 heteroatoms. The van der Waals surface area contributed by atoms with Crippen LogP contribution in [0.2, 0.25) is 5.02 Å². The van der Waals surface area contributed by atoms with Gasteiger partial charge in [0.15, 0.2) is 11.6 Å². The molecule has 2 aliphatic rings. The predicted molar refractivity (Wildman–Crippen MR) is 115 cm³/mol. The lowest BCUT2D eigenvalue weighted by Gasteiger charge is -2.30.